The Morgan fingerprint density at radius 2 is 2.00 bits per heavy atom. The molecule has 0 bridgehead atoms. The van der Waals surface area contributed by atoms with Crippen molar-refractivity contribution >= 4 is 30.5 Å². The molecule has 1 aromatic heterocycles. The molecule has 0 atom stereocenters. The number of aromatic hydroxyl groups is 1. The van der Waals surface area contributed by atoms with E-state index in [0.717, 1.165) is 5.69 Å². The van der Waals surface area contributed by atoms with Crippen molar-refractivity contribution in [3.63, 3.8) is 0 Å². The number of esters is 1. The van der Waals surface area contributed by atoms with Crippen LogP contribution in [0.1, 0.15) is 21.6 Å². The van der Waals surface area contributed by atoms with Crippen LogP contribution < -0.4 is 0 Å². The van der Waals surface area contributed by atoms with Crippen LogP contribution in [0, 0.1) is 0 Å². The molecular weight excluding hydrogens is 278 g/mol. The number of benzene rings is 1. The molecule has 5 heteroatoms. The van der Waals surface area contributed by atoms with Crippen LogP contribution >= 0.6 is 12.4 Å². The van der Waals surface area contributed by atoms with E-state index in [1.807, 2.05) is 18.2 Å². The van der Waals surface area contributed by atoms with Gasteiger partial charge in [0.05, 0.1) is 12.8 Å². The molecule has 1 N–H and O–H groups in total. The van der Waals surface area contributed by atoms with E-state index in [0.29, 0.717) is 5.56 Å². The van der Waals surface area contributed by atoms with Gasteiger partial charge in [0.2, 0.25) is 0 Å². The molecule has 1 heterocycles. The molecule has 1 aromatic carbocycles. The third kappa shape index (κ3) is 3.59. The average Bonchev–Trinajstić information content (AvgIpc) is 2.45. The summed E-state index contributed by atoms with van der Waals surface area (Å²) in [6, 6.07) is 10.4. The van der Waals surface area contributed by atoms with Crippen molar-refractivity contribution < 1.29 is 14.6 Å². The van der Waals surface area contributed by atoms with Crippen LogP contribution in [0.2, 0.25) is 0 Å². The molecule has 104 valence electrons. The summed E-state index contributed by atoms with van der Waals surface area (Å²) in [5, 5.41) is 9.74. The molecule has 0 aliphatic heterocycles. The number of methoxy groups -OCH3 is 1. The number of nitrogens with zero attached hydrogens (tertiary/aromatic N) is 1. The highest BCUT2D eigenvalue weighted by atomic mass is 35.5. The summed E-state index contributed by atoms with van der Waals surface area (Å²) in [4.78, 5) is 15.8. The Morgan fingerprint density at radius 3 is 2.65 bits per heavy atom. The number of hydrogen-bond donors (Lipinski definition) is 1. The van der Waals surface area contributed by atoms with Gasteiger partial charge in [-0.3, -0.25) is 4.98 Å². The first-order chi connectivity index (χ1) is 9.22. The van der Waals surface area contributed by atoms with Crippen molar-refractivity contribution in [2.75, 3.05) is 7.11 Å². The minimum absolute atomic E-state index is 0. The number of pyridine rings is 1. The maximum absolute atomic E-state index is 11.6. The highest BCUT2D eigenvalue weighted by molar-refractivity contribution is 5.97. The van der Waals surface area contributed by atoms with Crippen LogP contribution in [0.25, 0.3) is 12.2 Å². The van der Waals surface area contributed by atoms with Crippen molar-refractivity contribution in [3.8, 4) is 5.75 Å². The van der Waals surface area contributed by atoms with E-state index in [1.165, 1.54) is 13.2 Å². The molecule has 2 rings (SSSR count). The standard InChI is InChI=1S/C15H13NO3.ClH/c1-19-15(18)14-11(5-4-7-13(14)17)8-9-12-6-2-3-10-16-12;/h2-10,17H,1H3;1H/b9-8+;. The fraction of sp³-hybridized carbons (Fsp3) is 0.0667. The zero-order valence-corrected chi connectivity index (χ0v) is 11.6. The third-order valence-corrected chi connectivity index (χ3v) is 2.59. The Kier molecular flexibility index (Phi) is 5.74. The van der Waals surface area contributed by atoms with Crippen molar-refractivity contribution in [2.24, 2.45) is 0 Å². The lowest BCUT2D eigenvalue weighted by Gasteiger charge is -2.06. The molecule has 20 heavy (non-hydrogen) atoms. The maximum Gasteiger partial charge on any atom is 0.342 e. The molecule has 0 amide bonds. The normalized spacial score (nSPS) is 10.1. The number of hydrogen-bond acceptors (Lipinski definition) is 4. The van der Waals surface area contributed by atoms with Crippen LogP contribution in [0.15, 0.2) is 42.6 Å². The zero-order valence-electron chi connectivity index (χ0n) is 10.8. The summed E-state index contributed by atoms with van der Waals surface area (Å²) in [6.45, 7) is 0. The molecule has 0 unspecified atom stereocenters. The Morgan fingerprint density at radius 1 is 1.20 bits per heavy atom. The van der Waals surface area contributed by atoms with Crippen molar-refractivity contribution in [1.29, 1.82) is 0 Å². The van der Waals surface area contributed by atoms with Gasteiger partial charge in [-0.05, 0) is 29.8 Å². The number of halogens is 1. The van der Waals surface area contributed by atoms with Crippen molar-refractivity contribution in [2.45, 2.75) is 0 Å². The van der Waals surface area contributed by atoms with Crippen LogP contribution in [-0.2, 0) is 4.74 Å². The number of carbonyl (C=O) groups is 1. The van der Waals surface area contributed by atoms with Crippen LogP contribution in [0.5, 0.6) is 5.75 Å². The first kappa shape index (κ1) is 15.7. The van der Waals surface area contributed by atoms with E-state index in [-0.39, 0.29) is 23.7 Å². The van der Waals surface area contributed by atoms with Gasteiger partial charge in [-0.15, -0.1) is 12.4 Å². The van der Waals surface area contributed by atoms with Crippen LogP contribution in [0.4, 0.5) is 0 Å². The topological polar surface area (TPSA) is 59.4 Å². The van der Waals surface area contributed by atoms with Gasteiger partial charge in [0, 0.05) is 6.20 Å². The van der Waals surface area contributed by atoms with Crippen molar-refractivity contribution in [3.05, 3.63) is 59.4 Å². The highest BCUT2D eigenvalue weighted by Crippen LogP contribution is 2.23. The van der Waals surface area contributed by atoms with E-state index in [2.05, 4.69) is 9.72 Å². The maximum atomic E-state index is 11.6. The zero-order chi connectivity index (χ0) is 13.7. The minimum atomic E-state index is -0.571. The molecule has 0 saturated carbocycles. The highest BCUT2D eigenvalue weighted by Gasteiger charge is 2.14. The van der Waals surface area contributed by atoms with Gasteiger partial charge in [-0.1, -0.05) is 24.3 Å². The summed E-state index contributed by atoms with van der Waals surface area (Å²) >= 11 is 0. The molecule has 0 radical (unpaired) electrons. The lowest BCUT2D eigenvalue weighted by Crippen LogP contribution is -2.03. The Bertz CT molecular complexity index is 612. The predicted molar refractivity (Wildman–Crippen MR) is 79.9 cm³/mol. The van der Waals surface area contributed by atoms with Gasteiger partial charge in [-0.2, -0.15) is 0 Å². The largest absolute Gasteiger partial charge is 0.507 e. The van der Waals surface area contributed by atoms with Gasteiger partial charge < -0.3 is 9.84 Å². The van der Waals surface area contributed by atoms with Gasteiger partial charge in [0.1, 0.15) is 11.3 Å². The van der Waals surface area contributed by atoms with Crippen LogP contribution in [-0.4, -0.2) is 23.2 Å². The summed E-state index contributed by atoms with van der Waals surface area (Å²) < 4.78 is 4.66. The van der Waals surface area contributed by atoms with E-state index >= 15 is 0 Å². The van der Waals surface area contributed by atoms with Gasteiger partial charge >= 0.3 is 5.97 Å². The van der Waals surface area contributed by atoms with Crippen LogP contribution in [0.3, 0.4) is 0 Å². The number of carbonyl (C=O) groups excluding carboxylic acids is 1. The number of phenols is 1. The number of aromatic nitrogens is 1. The van der Waals surface area contributed by atoms with E-state index < -0.39 is 5.97 Å². The Hall–Kier alpha value is -2.33. The fourth-order valence-electron chi connectivity index (χ4n) is 1.67. The summed E-state index contributed by atoms with van der Waals surface area (Å²) in [5.41, 5.74) is 1.50. The number of rotatable bonds is 3. The molecule has 0 spiro atoms. The molecule has 0 fully saturated rings. The lowest BCUT2D eigenvalue weighted by molar-refractivity contribution is 0.0597. The van der Waals surface area contributed by atoms with E-state index in [1.54, 1.807) is 30.5 Å². The summed E-state index contributed by atoms with van der Waals surface area (Å²) in [6.07, 6.45) is 5.17. The smallest absolute Gasteiger partial charge is 0.342 e. The predicted octanol–water partition coefficient (Wildman–Crippen LogP) is 3.17. The van der Waals surface area contributed by atoms with Gasteiger partial charge in [0.25, 0.3) is 0 Å². The number of phenolic OH excluding ortho intramolecular Hbond substituents is 1. The lowest BCUT2D eigenvalue weighted by atomic mass is 10.1. The average molecular weight is 292 g/mol. The van der Waals surface area contributed by atoms with Gasteiger partial charge in [0.15, 0.2) is 0 Å². The first-order valence-corrected chi connectivity index (χ1v) is 5.72. The molecule has 4 nitrogen and oxygen atoms in total. The SMILES string of the molecule is COC(=O)c1c(O)cccc1/C=C/c1ccccn1.Cl. The first-order valence-electron chi connectivity index (χ1n) is 5.72. The molecular formula is C15H14ClNO3. The molecule has 0 saturated heterocycles. The molecule has 2 aromatic rings. The van der Waals surface area contributed by atoms with E-state index in [9.17, 15) is 9.90 Å². The quantitative estimate of drug-likeness (QED) is 0.883. The van der Waals surface area contributed by atoms with E-state index in [4.69, 9.17) is 0 Å². The second-order valence-electron chi connectivity index (χ2n) is 3.82. The second-order valence-corrected chi connectivity index (χ2v) is 3.82. The molecule has 0 aliphatic carbocycles. The minimum Gasteiger partial charge on any atom is -0.507 e. The van der Waals surface area contributed by atoms with Crippen molar-refractivity contribution in [1.82, 2.24) is 4.98 Å². The summed E-state index contributed by atoms with van der Waals surface area (Å²) in [7, 11) is 1.28. The third-order valence-electron chi connectivity index (χ3n) is 2.59. The monoisotopic (exact) mass is 291 g/mol. The van der Waals surface area contributed by atoms with Gasteiger partial charge in [-0.25, -0.2) is 4.79 Å². The molecule has 0 aliphatic rings. The Balaban J connectivity index is 0.00000200. The Labute approximate surface area is 123 Å². The summed E-state index contributed by atoms with van der Waals surface area (Å²) in [5.74, 6) is -0.672. The second kappa shape index (κ2) is 7.31. The number of ether oxygens (including phenoxy) is 1. The fourth-order valence-corrected chi connectivity index (χ4v) is 1.67.